The minimum absolute atomic E-state index is 0.108. The smallest absolute Gasteiger partial charge is 0.462 e. The molecule has 0 amide bonds. The van der Waals surface area contributed by atoms with E-state index >= 15 is 0 Å². The van der Waals surface area contributed by atoms with Crippen molar-refractivity contribution in [3.8, 4) is 0 Å². The molecular formula is C64H107O11P. The third-order valence-corrected chi connectivity index (χ3v) is 13.1. The quantitative estimate of drug-likeness (QED) is 0.0197. The average molecular weight is 1080 g/mol. The highest BCUT2D eigenvalue weighted by Crippen LogP contribution is 2.43. The van der Waals surface area contributed by atoms with Gasteiger partial charge in [-0.25, -0.2) is 4.57 Å². The predicted octanol–water partition coefficient (Wildman–Crippen LogP) is 17.8. The Morgan fingerprint density at radius 2 is 0.684 bits per heavy atom. The lowest BCUT2D eigenvalue weighted by molar-refractivity contribution is -0.161. The van der Waals surface area contributed by atoms with Gasteiger partial charge in [-0.3, -0.25) is 23.4 Å². The second-order valence-corrected chi connectivity index (χ2v) is 20.8. The lowest BCUT2D eigenvalue weighted by atomic mass is 10.1. The summed E-state index contributed by atoms with van der Waals surface area (Å²) in [5, 5.41) is 9.82. The van der Waals surface area contributed by atoms with Crippen molar-refractivity contribution in [2.24, 2.45) is 0 Å². The zero-order valence-electron chi connectivity index (χ0n) is 47.9. The molecule has 0 spiro atoms. The SMILES string of the molecule is CC/C=C\C/C=C\C/C=C\C/C=C\CCCCC(=O)OC(COC(=O)CCCCCCCCCCC/C=C\C/C=C\CCCCC)COP(=O)(O)OCC(CO)OC(=O)CCCCCCC/C=C\C/C=C\C/C=C\CC. The van der Waals surface area contributed by atoms with Crippen LogP contribution >= 0.6 is 7.82 Å². The maximum Gasteiger partial charge on any atom is 0.472 e. The van der Waals surface area contributed by atoms with E-state index in [2.05, 4.69) is 130 Å². The summed E-state index contributed by atoms with van der Waals surface area (Å²) in [5.41, 5.74) is 0. The van der Waals surface area contributed by atoms with Gasteiger partial charge in [0.1, 0.15) is 12.7 Å². The number of hydrogen-bond acceptors (Lipinski definition) is 10. The highest BCUT2D eigenvalue weighted by atomic mass is 31.2. The number of carbonyl (C=O) groups excluding carboxylic acids is 3. The van der Waals surface area contributed by atoms with Crippen molar-refractivity contribution < 1.29 is 52.2 Å². The van der Waals surface area contributed by atoms with Gasteiger partial charge in [0.2, 0.25) is 0 Å². The van der Waals surface area contributed by atoms with Gasteiger partial charge in [-0.1, -0.05) is 207 Å². The molecule has 0 fully saturated rings. The molecule has 0 aromatic rings. The van der Waals surface area contributed by atoms with Crippen molar-refractivity contribution in [1.82, 2.24) is 0 Å². The molecule has 3 unspecified atom stereocenters. The van der Waals surface area contributed by atoms with Crippen LogP contribution in [0.4, 0.5) is 0 Å². The Bertz CT molecular complexity index is 1690. The Morgan fingerprint density at radius 3 is 1.08 bits per heavy atom. The Labute approximate surface area is 463 Å². The van der Waals surface area contributed by atoms with E-state index in [0.717, 1.165) is 122 Å². The molecule has 0 aliphatic carbocycles. The molecule has 0 heterocycles. The van der Waals surface area contributed by atoms with Crippen LogP contribution in [-0.2, 0) is 42.2 Å². The summed E-state index contributed by atoms with van der Waals surface area (Å²) in [6.07, 6.45) is 69.0. The van der Waals surface area contributed by atoms with Gasteiger partial charge in [0.05, 0.1) is 19.8 Å². The summed E-state index contributed by atoms with van der Waals surface area (Å²) in [4.78, 5) is 48.6. The van der Waals surface area contributed by atoms with Gasteiger partial charge in [0.15, 0.2) is 6.10 Å². The largest absolute Gasteiger partial charge is 0.472 e. The lowest BCUT2D eigenvalue weighted by Crippen LogP contribution is -2.30. The summed E-state index contributed by atoms with van der Waals surface area (Å²) in [6, 6.07) is 0. The number of allylic oxidation sites excluding steroid dienone is 18. The first-order valence-electron chi connectivity index (χ1n) is 29.8. The number of rotatable bonds is 54. The van der Waals surface area contributed by atoms with Crippen LogP contribution in [0.15, 0.2) is 109 Å². The van der Waals surface area contributed by atoms with Gasteiger partial charge in [-0.05, 0) is 122 Å². The molecule has 0 rings (SSSR count). The molecule has 0 aromatic carbocycles. The molecule has 0 aromatic heterocycles. The summed E-state index contributed by atoms with van der Waals surface area (Å²) < 4.78 is 39.5. The molecule has 0 aliphatic rings. The van der Waals surface area contributed by atoms with E-state index in [1.165, 1.54) is 57.8 Å². The number of esters is 3. The standard InChI is InChI=1S/C64H107O11P/c1-4-7-10-13-16-19-22-25-28-29-30-31-34-35-38-41-44-47-50-53-62(66)71-57-61(75-64(68)55-52-49-46-43-40-37-33-27-24-21-18-15-12-9-6-3)59-73-76(69,70)72-58-60(56-65)74-63(67)54-51-48-45-42-39-36-32-26-23-20-17-14-11-8-5-2/h8-9,11-12,16-21,25-28,32-33,40,43,60-61,65H,4-7,10,13-15,22-24,29-31,34-39,41-42,44-59H2,1-3H3,(H,69,70)/b11-8-,12-9-,19-16-,20-17-,21-18-,28-25-,32-26-,33-27-,43-40-. The van der Waals surface area contributed by atoms with Crippen LogP contribution in [0.25, 0.3) is 0 Å². The first kappa shape index (κ1) is 72.1. The fourth-order valence-corrected chi connectivity index (χ4v) is 8.47. The average Bonchev–Trinajstić information content (AvgIpc) is 3.41. The van der Waals surface area contributed by atoms with E-state index in [1.54, 1.807) is 0 Å². The number of carbonyl (C=O) groups is 3. The maximum absolute atomic E-state index is 12.9. The molecule has 0 aliphatic heterocycles. The molecule has 0 saturated carbocycles. The molecule has 12 heteroatoms. The van der Waals surface area contributed by atoms with Gasteiger partial charge in [-0.15, -0.1) is 0 Å². The Morgan fingerprint density at radius 1 is 0.382 bits per heavy atom. The number of hydrogen-bond donors (Lipinski definition) is 2. The fourth-order valence-electron chi connectivity index (χ4n) is 7.69. The highest BCUT2D eigenvalue weighted by Gasteiger charge is 2.28. The molecule has 11 nitrogen and oxygen atoms in total. The molecule has 0 saturated heterocycles. The van der Waals surface area contributed by atoms with E-state index in [-0.39, 0.29) is 25.9 Å². The number of aliphatic hydroxyl groups is 1. The molecule has 0 bridgehead atoms. The van der Waals surface area contributed by atoms with Crippen LogP contribution in [-0.4, -0.2) is 66.5 Å². The first-order valence-corrected chi connectivity index (χ1v) is 31.3. The summed E-state index contributed by atoms with van der Waals surface area (Å²) in [7, 11) is -4.77. The van der Waals surface area contributed by atoms with E-state index in [0.29, 0.717) is 19.3 Å². The highest BCUT2D eigenvalue weighted by molar-refractivity contribution is 7.47. The number of aliphatic hydroxyl groups excluding tert-OH is 1. The number of unbranched alkanes of at least 4 members (excludes halogenated alkanes) is 19. The van der Waals surface area contributed by atoms with Gasteiger partial charge < -0.3 is 24.2 Å². The second kappa shape index (κ2) is 57.3. The Hall–Kier alpha value is -3.86. The fraction of sp³-hybridized carbons (Fsp3) is 0.672. The number of phosphoric ester groups is 1. The van der Waals surface area contributed by atoms with Crippen LogP contribution < -0.4 is 0 Å². The van der Waals surface area contributed by atoms with Crippen molar-refractivity contribution in [2.45, 2.75) is 251 Å². The normalized spacial score (nSPS) is 14.1. The Balaban J connectivity index is 4.78. The maximum atomic E-state index is 12.9. The van der Waals surface area contributed by atoms with Crippen molar-refractivity contribution in [3.05, 3.63) is 109 Å². The van der Waals surface area contributed by atoms with Gasteiger partial charge in [0.25, 0.3) is 0 Å². The monoisotopic (exact) mass is 1080 g/mol. The van der Waals surface area contributed by atoms with E-state index in [1.807, 2.05) is 0 Å². The Kier molecular flexibility index (Phi) is 54.4. The van der Waals surface area contributed by atoms with E-state index < -0.39 is 57.8 Å². The van der Waals surface area contributed by atoms with Crippen LogP contribution in [0.3, 0.4) is 0 Å². The molecular weight excluding hydrogens is 976 g/mol. The van der Waals surface area contributed by atoms with Crippen molar-refractivity contribution in [3.63, 3.8) is 0 Å². The zero-order chi connectivity index (χ0) is 55.5. The van der Waals surface area contributed by atoms with Crippen molar-refractivity contribution in [1.29, 1.82) is 0 Å². The van der Waals surface area contributed by atoms with Crippen LogP contribution in [0.2, 0.25) is 0 Å². The van der Waals surface area contributed by atoms with Gasteiger partial charge in [0, 0.05) is 19.3 Å². The van der Waals surface area contributed by atoms with Crippen LogP contribution in [0, 0.1) is 0 Å². The van der Waals surface area contributed by atoms with E-state index in [4.69, 9.17) is 23.3 Å². The summed E-state index contributed by atoms with van der Waals surface area (Å²) >= 11 is 0. The molecule has 2 N–H and O–H groups in total. The molecule has 3 atom stereocenters. The third kappa shape index (κ3) is 54.9. The second-order valence-electron chi connectivity index (χ2n) is 19.4. The van der Waals surface area contributed by atoms with Gasteiger partial charge >= 0.3 is 25.7 Å². The van der Waals surface area contributed by atoms with Gasteiger partial charge in [-0.2, -0.15) is 0 Å². The van der Waals surface area contributed by atoms with Crippen LogP contribution in [0.1, 0.15) is 239 Å². The molecule has 76 heavy (non-hydrogen) atoms. The lowest BCUT2D eigenvalue weighted by Gasteiger charge is -2.21. The van der Waals surface area contributed by atoms with Crippen molar-refractivity contribution in [2.75, 3.05) is 26.4 Å². The minimum Gasteiger partial charge on any atom is -0.462 e. The third-order valence-electron chi connectivity index (χ3n) is 12.2. The predicted molar refractivity (Wildman–Crippen MR) is 316 cm³/mol. The zero-order valence-corrected chi connectivity index (χ0v) is 48.8. The van der Waals surface area contributed by atoms with E-state index in [9.17, 15) is 28.9 Å². The molecule has 434 valence electrons. The topological polar surface area (TPSA) is 155 Å². The summed E-state index contributed by atoms with van der Waals surface area (Å²) in [6.45, 7) is 4.32. The number of phosphoric acid groups is 1. The molecule has 0 radical (unpaired) electrons. The first-order chi connectivity index (χ1) is 37.2. The summed E-state index contributed by atoms with van der Waals surface area (Å²) in [5.74, 6) is -1.54. The number of ether oxygens (including phenoxy) is 3. The minimum atomic E-state index is -4.77. The van der Waals surface area contributed by atoms with Crippen molar-refractivity contribution >= 4 is 25.7 Å². The van der Waals surface area contributed by atoms with Crippen LogP contribution in [0.5, 0.6) is 0 Å².